The van der Waals surface area contributed by atoms with Gasteiger partial charge in [-0.1, -0.05) is 54.6 Å². The molecule has 0 aliphatic carbocycles. The zero-order valence-electron chi connectivity index (χ0n) is 10.4. The molecule has 0 unspecified atom stereocenters. The lowest BCUT2D eigenvalue weighted by atomic mass is 10.0. The summed E-state index contributed by atoms with van der Waals surface area (Å²) in [7, 11) is 0. The Bertz CT molecular complexity index is 650. The van der Waals surface area contributed by atoms with E-state index in [1.54, 1.807) is 0 Å². The summed E-state index contributed by atoms with van der Waals surface area (Å²) in [6.45, 7) is 2.14. The Morgan fingerprint density at radius 3 is 2.28 bits per heavy atom. The maximum Gasteiger partial charge on any atom is 0.0460 e. The van der Waals surface area contributed by atoms with Gasteiger partial charge in [-0.05, 0) is 29.7 Å². The Balaban J connectivity index is 2.03. The number of rotatable bonds is 2. The molecule has 1 aromatic heterocycles. The van der Waals surface area contributed by atoms with Crippen LogP contribution in [0, 0.1) is 6.92 Å². The standard InChI is InChI=1S/C17H15N/c1-13-7-5-6-10-16(13)15-11-17(18-12-15)14-8-3-2-4-9-14/h2-12,18H,1H3. The third-order valence-electron chi connectivity index (χ3n) is 3.22. The maximum atomic E-state index is 3.35. The number of aromatic amines is 1. The highest BCUT2D eigenvalue weighted by molar-refractivity contribution is 5.73. The molecule has 0 saturated carbocycles. The topological polar surface area (TPSA) is 15.8 Å². The molecule has 1 nitrogen and oxygen atoms in total. The van der Waals surface area contributed by atoms with Crippen LogP contribution in [0.4, 0.5) is 0 Å². The average molecular weight is 233 g/mol. The van der Waals surface area contributed by atoms with Crippen molar-refractivity contribution in [2.45, 2.75) is 6.92 Å². The summed E-state index contributed by atoms with van der Waals surface area (Å²) in [5, 5.41) is 0. The van der Waals surface area contributed by atoms with Crippen molar-refractivity contribution in [3.63, 3.8) is 0 Å². The normalized spacial score (nSPS) is 10.5. The second kappa shape index (κ2) is 4.53. The summed E-state index contributed by atoms with van der Waals surface area (Å²) >= 11 is 0. The van der Waals surface area contributed by atoms with Crippen LogP contribution in [0.1, 0.15) is 5.56 Å². The summed E-state index contributed by atoms with van der Waals surface area (Å²) in [5.41, 5.74) is 6.21. The van der Waals surface area contributed by atoms with Gasteiger partial charge in [0.1, 0.15) is 0 Å². The molecule has 1 N–H and O–H groups in total. The fourth-order valence-corrected chi connectivity index (χ4v) is 2.23. The van der Waals surface area contributed by atoms with Gasteiger partial charge in [0.15, 0.2) is 0 Å². The van der Waals surface area contributed by atoms with Gasteiger partial charge in [-0.15, -0.1) is 0 Å². The molecule has 2 aromatic carbocycles. The molecule has 0 aliphatic rings. The SMILES string of the molecule is Cc1ccccc1-c1c[nH]c(-c2ccccc2)c1. The molecule has 1 heteroatoms. The molecule has 0 bridgehead atoms. The van der Waals surface area contributed by atoms with Crippen molar-refractivity contribution < 1.29 is 0 Å². The van der Waals surface area contributed by atoms with Crippen LogP contribution in [0.2, 0.25) is 0 Å². The first-order valence-corrected chi connectivity index (χ1v) is 6.14. The van der Waals surface area contributed by atoms with Gasteiger partial charge in [0.2, 0.25) is 0 Å². The van der Waals surface area contributed by atoms with Gasteiger partial charge < -0.3 is 4.98 Å². The maximum absolute atomic E-state index is 3.35. The summed E-state index contributed by atoms with van der Waals surface area (Å²) in [4.78, 5) is 3.35. The molecule has 0 fully saturated rings. The zero-order valence-corrected chi connectivity index (χ0v) is 10.4. The monoisotopic (exact) mass is 233 g/mol. The van der Waals surface area contributed by atoms with Gasteiger partial charge in [0.05, 0.1) is 0 Å². The van der Waals surface area contributed by atoms with Crippen molar-refractivity contribution in [1.29, 1.82) is 0 Å². The minimum absolute atomic E-state index is 1.16. The molecule has 18 heavy (non-hydrogen) atoms. The Labute approximate surface area is 107 Å². The number of nitrogens with one attached hydrogen (secondary N) is 1. The lowest BCUT2D eigenvalue weighted by Crippen LogP contribution is -1.78. The first-order chi connectivity index (χ1) is 8.84. The quantitative estimate of drug-likeness (QED) is 0.662. The van der Waals surface area contributed by atoms with Crippen LogP contribution in [0.25, 0.3) is 22.4 Å². The highest BCUT2D eigenvalue weighted by Gasteiger charge is 2.05. The summed E-state index contributed by atoms with van der Waals surface area (Å²) in [5.74, 6) is 0. The lowest BCUT2D eigenvalue weighted by molar-refractivity contribution is 1.40. The Morgan fingerprint density at radius 2 is 1.50 bits per heavy atom. The van der Waals surface area contributed by atoms with E-state index in [1.807, 2.05) is 6.07 Å². The molecule has 3 rings (SSSR count). The van der Waals surface area contributed by atoms with Crippen molar-refractivity contribution in [3.8, 4) is 22.4 Å². The van der Waals surface area contributed by atoms with E-state index in [2.05, 4.69) is 72.7 Å². The third-order valence-corrected chi connectivity index (χ3v) is 3.22. The fraction of sp³-hybridized carbons (Fsp3) is 0.0588. The van der Waals surface area contributed by atoms with Crippen LogP contribution in [-0.4, -0.2) is 4.98 Å². The van der Waals surface area contributed by atoms with Crippen molar-refractivity contribution in [1.82, 2.24) is 4.98 Å². The molecule has 1 heterocycles. The predicted molar refractivity (Wildman–Crippen MR) is 76.4 cm³/mol. The van der Waals surface area contributed by atoms with Crippen molar-refractivity contribution in [3.05, 3.63) is 72.4 Å². The second-order valence-corrected chi connectivity index (χ2v) is 4.48. The van der Waals surface area contributed by atoms with Gasteiger partial charge in [-0.2, -0.15) is 0 Å². The van der Waals surface area contributed by atoms with Crippen LogP contribution in [-0.2, 0) is 0 Å². The average Bonchev–Trinajstić information content (AvgIpc) is 2.90. The number of hydrogen-bond donors (Lipinski definition) is 1. The summed E-state index contributed by atoms with van der Waals surface area (Å²) < 4.78 is 0. The van der Waals surface area contributed by atoms with Crippen LogP contribution in [0.5, 0.6) is 0 Å². The molecular formula is C17H15N. The minimum Gasteiger partial charge on any atom is -0.361 e. The number of H-pyrrole nitrogens is 1. The number of benzene rings is 2. The van der Waals surface area contributed by atoms with Gasteiger partial charge in [-0.25, -0.2) is 0 Å². The van der Waals surface area contributed by atoms with E-state index >= 15 is 0 Å². The van der Waals surface area contributed by atoms with Gasteiger partial charge >= 0.3 is 0 Å². The molecule has 0 spiro atoms. The smallest absolute Gasteiger partial charge is 0.0460 e. The van der Waals surface area contributed by atoms with Crippen molar-refractivity contribution in [2.24, 2.45) is 0 Å². The van der Waals surface area contributed by atoms with E-state index in [9.17, 15) is 0 Å². The largest absolute Gasteiger partial charge is 0.361 e. The van der Waals surface area contributed by atoms with Gasteiger partial charge in [0, 0.05) is 17.5 Å². The van der Waals surface area contributed by atoms with Crippen LogP contribution < -0.4 is 0 Å². The molecule has 0 aliphatic heterocycles. The molecule has 0 amide bonds. The van der Waals surface area contributed by atoms with Crippen molar-refractivity contribution in [2.75, 3.05) is 0 Å². The molecule has 3 aromatic rings. The first-order valence-electron chi connectivity index (χ1n) is 6.14. The Kier molecular flexibility index (Phi) is 2.73. The van der Waals surface area contributed by atoms with Crippen LogP contribution in [0.15, 0.2) is 66.9 Å². The number of hydrogen-bond acceptors (Lipinski definition) is 0. The number of aromatic nitrogens is 1. The van der Waals surface area contributed by atoms with E-state index in [4.69, 9.17) is 0 Å². The van der Waals surface area contributed by atoms with E-state index < -0.39 is 0 Å². The van der Waals surface area contributed by atoms with Gasteiger partial charge in [0.25, 0.3) is 0 Å². The molecule has 0 atom stereocenters. The zero-order chi connectivity index (χ0) is 12.4. The number of aryl methyl sites for hydroxylation is 1. The molecule has 88 valence electrons. The predicted octanol–water partition coefficient (Wildman–Crippen LogP) is 4.66. The summed E-state index contributed by atoms with van der Waals surface area (Å²) in [6, 6.07) is 21.1. The van der Waals surface area contributed by atoms with E-state index in [1.165, 1.54) is 22.3 Å². The van der Waals surface area contributed by atoms with E-state index in [0.29, 0.717) is 0 Å². The Morgan fingerprint density at radius 1 is 0.778 bits per heavy atom. The lowest BCUT2D eigenvalue weighted by Gasteiger charge is -2.01. The highest BCUT2D eigenvalue weighted by atomic mass is 14.7. The molecular weight excluding hydrogens is 218 g/mol. The highest BCUT2D eigenvalue weighted by Crippen LogP contribution is 2.27. The fourth-order valence-electron chi connectivity index (χ4n) is 2.23. The van der Waals surface area contributed by atoms with Crippen molar-refractivity contribution >= 4 is 0 Å². The van der Waals surface area contributed by atoms with Crippen LogP contribution in [0.3, 0.4) is 0 Å². The second-order valence-electron chi connectivity index (χ2n) is 4.48. The van der Waals surface area contributed by atoms with Gasteiger partial charge in [-0.3, -0.25) is 0 Å². The van der Waals surface area contributed by atoms with E-state index in [0.717, 1.165) is 5.69 Å². The summed E-state index contributed by atoms with van der Waals surface area (Å²) in [6.07, 6.45) is 2.07. The molecule has 0 radical (unpaired) electrons. The first kappa shape index (κ1) is 10.8. The minimum atomic E-state index is 1.16. The van der Waals surface area contributed by atoms with Crippen LogP contribution >= 0.6 is 0 Å². The Hall–Kier alpha value is -2.28. The molecule has 0 saturated heterocycles. The third kappa shape index (κ3) is 1.95. The van der Waals surface area contributed by atoms with E-state index in [-0.39, 0.29) is 0 Å².